The second-order valence-corrected chi connectivity index (χ2v) is 7.32. The van der Waals surface area contributed by atoms with Gasteiger partial charge in [-0.3, -0.25) is 0 Å². The van der Waals surface area contributed by atoms with Gasteiger partial charge in [0.25, 0.3) is 0 Å². The van der Waals surface area contributed by atoms with Gasteiger partial charge in [0.15, 0.2) is 0 Å². The minimum Gasteiger partial charge on any atom is -0.235 e. The van der Waals surface area contributed by atoms with Crippen molar-refractivity contribution >= 4 is 35.1 Å². The maximum Gasteiger partial charge on any atom is 0.140 e. The molecule has 1 aliphatic carbocycles. The summed E-state index contributed by atoms with van der Waals surface area (Å²) in [5.74, 6) is 1.94. The van der Waals surface area contributed by atoms with Gasteiger partial charge in [-0.15, -0.1) is 23.5 Å². The number of hydrogen-bond donors (Lipinski definition) is 0. The number of thioether (sulfide) groups is 2. The lowest BCUT2D eigenvalue weighted by Gasteiger charge is -2.09. The van der Waals surface area contributed by atoms with Crippen LogP contribution in [0.3, 0.4) is 0 Å². The van der Waals surface area contributed by atoms with Gasteiger partial charge in [0, 0.05) is 15.8 Å². The number of halogens is 1. The van der Waals surface area contributed by atoms with Crippen LogP contribution in [0.2, 0.25) is 5.02 Å². The van der Waals surface area contributed by atoms with Crippen LogP contribution in [0.4, 0.5) is 0 Å². The maximum absolute atomic E-state index is 9.37. The Morgan fingerprint density at radius 3 is 2.59 bits per heavy atom. The van der Waals surface area contributed by atoms with Crippen molar-refractivity contribution in [2.24, 2.45) is 0 Å². The Kier molecular flexibility index (Phi) is 4.92. The molecule has 3 rings (SSSR count). The standard InChI is InChI=1S/C16H14ClN3S2/c1-21-16-13(8-18)15(10-2-3-10)19-14(20-16)9-22-12-6-4-11(17)5-7-12/h4-7,10H,2-3,9H2,1H3. The van der Waals surface area contributed by atoms with Crippen molar-refractivity contribution < 1.29 is 0 Å². The number of benzene rings is 1. The number of hydrogen-bond acceptors (Lipinski definition) is 5. The Bertz CT molecular complexity index is 721. The molecule has 0 N–H and O–H groups in total. The van der Waals surface area contributed by atoms with Gasteiger partial charge in [-0.05, 0) is 43.4 Å². The maximum atomic E-state index is 9.37. The minimum atomic E-state index is 0.447. The summed E-state index contributed by atoms with van der Waals surface area (Å²) < 4.78 is 0. The smallest absolute Gasteiger partial charge is 0.140 e. The summed E-state index contributed by atoms with van der Waals surface area (Å²) in [6, 6.07) is 10.0. The van der Waals surface area contributed by atoms with Crippen LogP contribution in [0, 0.1) is 11.3 Å². The average molecular weight is 348 g/mol. The fourth-order valence-corrected chi connectivity index (χ4v) is 3.58. The third-order valence-corrected chi connectivity index (χ3v) is 5.34. The van der Waals surface area contributed by atoms with E-state index in [1.807, 2.05) is 30.5 Å². The fourth-order valence-electron chi connectivity index (χ4n) is 2.15. The molecule has 0 unspecified atom stereocenters. The van der Waals surface area contributed by atoms with Crippen LogP contribution in [-0.4, -0.2) is 16.2 Å². The topological polar surface area (TPSA) is 49.6 Å². The lowest BCUT2D eigenvalue weighted by atomic mass is 10.2. The summed E-state index contributed by atoms with van der Waals surface area (Å²) in [4.78, 5) is 10.3. The predicted octanol–water partition coefficient (Wildman–Crippen LogP) is 4.89. The third kappa shape index (κ3) is 3.57. The second-order valence-electron chi connectivity index (χ2n) is 5.04. The highest BCUT2D eigenvalue weighted by Crippen LogP contribution is 2.42. The van der Waals surface area contributed by atoms with Crippen LogP contribution in [-0.2, 0) is 5.75 Å². The fraction of sp³-hybridized carbons (Fsp3) is 0.312. The monoisotopic (exact) mass is 347 g/mol. The van der Waals surface area contributed by atoms with Gasteiger partial charge in [0.05, 0.1) is 11.4 Å². The second kappa shape index (κ2) is 6.91. The van der Waals surface area contributed by atoms with E-state index in [1.165, 1.54) is 11.8 Å². The molecule has 22 heavy (non-hydrogen) atoms. The first-order valence-corrected chi connectivity index (χ1v) is 9.53. The van der Waals surface area contributed by atoms with E-state index in [2.05, 4.69) is 16.0 Å². The number of aromatic nitrogens is 2. The summed E-state index contributed by atoms with van der Waals surface area (Å²) >= 11 is 9.09. The first kappa shape index (κ1) is 15.7. The summed E-state index contributed by atoms with van der Waals surface area (Å²) in [5.41, 5.74) is 1.60. The molecule has 0 saturated heterocycles. The summed E-state index contributed by atoms with van der Waals surface area (Å²) in [6.45, 7) is 0. The molecule has 1 heterocycles. The van der Waals surface area contributed by atoms with Crippen LogP contribution in [0.25, 0.3) is 0 Å². The predicted molar refractivity (Wildman–Crippen MR) is 91.5 cm³/mol. The van der Waals surface area contributed by atoms with Crippen LogP contribution in [0.1, 0.15) is 35.8 Å². The van der Waals surface area contributed by atoms with E-state index >= 15 is 0 Å². The molecule has 2 aromatic rings. The summed E-state index contributed by atoms with van der Waals surface area (Å²) in [5, 5.41) is 10.9. The van der Waals surface area contributed by atoms with Crippen LogP contribution in [0.5, 0.6) is 0 Å². The van der Waals surface area contributed by atoms with E-state index in [4.69, 9.17) is 11.6 Å². The Labute approximate surface area is 143 Å². The van der Waals surface area contributed by atoms with E-state index in [9.17, 15) is 5.26 Å². The van der Waals surface area contributed by atoms with Crippen LogP contribution in [0.15, 0.2) is 34.2 Å². The molecule has 0 radical (unpaired) electrons. The molecule has 3 nitrogen and oxygen atoms in total. The molecule has 0 spiro atoms. The van der Waals surface area contributed by atoms with Crippen molar-refractivity contribution in [2.75, 3.05) is 6.26 Å². The molecule has 6 heteroatoms. The van der Waals surface area contributed by atoms with Gasteiger partial charge in [-0.1, -0.05) is 11.6 Å². The SMILES string of the molecule is CSc1nc(CSc2ccc(Cl)cc2)nc(C2CC2)c1C#N. The first-order chi connectivity index (χ1) is 10.7. The molecule has 1 aromatic carbocycles. The molecule has 1 aromatic heterocycles. The van der Waals surface area contributed by atoms with Crippen molar-refractivity contribution in [2.45, 2.75) is 34.4 Å². The lowest BCUT2D eigenvalue weighted by molar-refractivity contribution is 0.870. The highest BCUT2D eigenvalue weighted by molar-refractivity contribution is 7.98. The van der Waals surface area contributed by atoms with Crippen molar-refractivity contribution in [3.63, 3.8) is 0 Å². The first-order valence-electron chi connectivity index (χ1n) is 6.94. The van der Waals surface area contributed by atoms with E-state index in [0.29, 0.717) is 17.2 Å². The number of rotatable bonds is 5. The van der Waals surface area contributed by atoms with E-state index in [0.717, 1.165) is 39.3 Å². The number of nitrogens with zero attached hydrogens (tertiary/aromatic N) is 3. The zero-order valence-electron chi connectivity index (χ0n) is 12.0. The van der Waals surface area contributed by atoms with E-state index < -0.39 is 0 Å². The lowest BCUT2D eigenvalue weighted by Crippen LogP contribution is -2.03. The van der Waals surface area contributed by atoms with Gasteiger partial charge in [-0.25, -0.2) is 9.97 Å². The number of nitriles is 1. The molecule has 1 fully saturated rings. The van der Waals surface area contributed by atoms with Gasteiger partial charge in [0.2, 0.25) is 0 Å². The van der Waals surface area contributed by atoms with Crippen molar-refractivity contribution in [3.8, 4) is 6.07 Å². The normalized spacial score (nSPS) is 13.9. The summed E-state index contributed by atoms with van der Waals surface area (Å²) in [6.07, 6.45) is 4.21. The highest BCUT2D eigenvalue weighted by Gasteiger charge is 2.30. The molecule has 1 aliphatic rings. The third-order valence-electron chi connectivity index (χ3n) is 3.40. The van der Waals surface area contributed by atoms with Gasteiger partial charge in [-0.2, -0.15) is 5.26 Å². The largest absolute Gasteiger partial charge is 0.235 e. The average Bonchev–Trinajstić information content (AvgIpc) is 3.38. The van der Waals surface area contributed by atoms with E-state index in [1.54, 1.807) is 11.8 Å². The van der Waals surface area contributed by atoms with Gasteiger partial charge >= 0.3 is 0 Å². The van der Waals surface area contributed by atoms with Crippen LogP contribution >= 0.6 is 35.1 Å². The molecule has 0 bridgehead atoms. The van der Waals surface area contributed by atoms with Crippen molar-refractivity contribution in [3.05, 3.63) is 46.4 Å². The Morgan fingerprint density at radius 1 is 1.27 bits per heavy atom. The molecule has 1 saturated carbocycles. The molecular weight excluding hydrogens is 334 g/mol. The molecular formula is C16H14ClN3S2. The van der Waals surface area contributed by atoms with Gasteiger partial charge in [0.1, 0.15) is 22.5 Å². The van der Waals surface area contributed by atoms with Gasteiger partial charge < -0.3 is 0 Å². The van der Waals surface area contributed by atoms with Crippen molar-refractivity contribution in [1.29, 1.82) is 5.26 Å². The minimum absolute atomic E-state index is 0.447. The molecule has 112 valence electrons. The van der Waals surface area contributed by atoms with Crippen molar-refractivity contribution in [1.82, 2.24) is 9.97 Å². The Balaban J connectivity index is 1.83. The molecule has 0 amide bonds. The zero-order valence-corrected chi connectivity index (χ0v) is 14.4. The quantitative estimate of drug-likeness (QED) is 0.569. The summed E-state index contributed by atoms with van der Waals surface area (Å²) in [7, 11) is 0. The highest BCUT2D eigenvalue weighted by atomic mass is 35.5. The molecule has 0 aliphatic heterocycles. The van der Waals surface area contributed by atoms with Crippen LogP contribution < -0.4 is 0 Å². The van der Waals surface area contributed by atoms with E-state index in [-0.39, 0.29) is 0 Å². The molecule has 0 atom stereocenters. The Hall–Kier alpha value is -1.22. The zero-order chi connectivity index (χ0) is 15.5. The Morgan fingerprint density at radius 2 is 2.00 bits per heavy atom.